The molecule has 0 aliphatic rings. The number of nitrogens with one attached hydrogen (secondary N) is 1. The maximum Gasteiger partial charge on any atom is 0.252 e. The van der Waals surface area contributed by atoms with E-state index in [0.717, 1.165) is 6.07 Å². The lowest BCUT2D eigenvalue weighted by Gasteiger charge is -2.07. The van der Waals surface area contributed by atoms with Gasteiger partial charge in [-0.05, 0) is 31.0 Å². The molecular formula is C15H17FN2O3. The zero-order chi connectivity index (χ0) is 15.7. The molecule has 0 aliphatic carbocycles. The average Bonchev–Trinajstić information content (AvgIpc) is 2.45. The van der Waals surface area contributed by atoms with Crippen LogP contribution in [0.25, 0.3) is 0 Å². The van der Waals surface area contributed by atoms with E-state index in [0.29, 0.717) is 24.9 Å². The van der Waals surface area contributed by atoms with Crippen molar-refractivity contribution in [3.63, 3.8) is 0 Å². The first-order valence-corrected chi connectivity index (χ1v) is 6.50. The maximum absolute atomic E-state index is 13.2. The minimum Gasteiger partial charge on any atom is -0.384 e. The second-order valence-electron chi connectivity index (χ2n) is 4.33. The summed E-state index contributed by atoms with van der Waals surface area (Å²) < 4.78 is 13.2. The molecule has 0 saturated heterocycles. The zero-order valence-corrected chi connectivity index (χ0v) is 11.5. The standard InChI is InChI=1S/C15H17FN2O3/c16-12-7-6-11(4-3-9-19)13(10-12)15(21)18-8-2-1-5-14(17)20/h6-7,10,19H,1-2,5,8-9H2,(H2,17,20)(H,18,21). The van der Waals surface area contributed by atoms with Crippen LogP contribution in [0.2, 0.25) is 0 Å². The van der Waals surface area contributed by atoms with Crippen molar-refractivity contribution >= 4 is 11.8 Å². The molecule has 0 bridgehead atoms. The molecule has 2 amide bonds. The summed E-state index contributed by atoms with van der Waals surface area (Å²) in [6.07, 6.45) is 1.45. The fourth-order valence-electron chi connectivity index (χ4n) is 1.67. The summed E-state index contributed by atoms with van der Waals surface area (Å²) in [5.41, 5.74) is 5.47. The van der Waals surface area contributed by atoms with Gasteiger partial charge >= 0.3 is 0 Å². The van der Waals surface area contributed by atoms with Crippen molar-refractivity contribution in [3.05, 3.63) is 35.1 Å². The number of amides is 2. The number of benzene rings is 1. The molecule has 112 valence electrons. The molecule has 0 radical (unpaired) electrons. The van der Waals surface area contributed by atoms with Crippen molar-refractivity contribution in [3.8, 4) is 11.8 Å². The van der Waals surface area contributed by atoms with Crippen LogP contribution in [0.4, 0.5) is 4.39 Å². The van der Waals surface area contributed by atoms with Gasteiger partial charge in [0.15, 0.2) is 0 Å². The zero-order valence-electron chi connectivity index (χ0n) is 11.5. The fraction of sp³-hybridized carbons (Fsp3) is 0.333. The van der Waals surface area contributed by atoms with E-state index in [9.17, 15) is 14.0 Å². The molecule has 6 heteroatoms. The van der Waals surface area contributed by atoms with Crippen LogP contribution in [0.15, 0.2) is 18.2 Å². The smallest absolute Gasteiger partial charge is 0.252 e. The molecule has 21 heavy (non-hydrogen) atoms. The Hall–Kier alpha value is -2.39. The Kier molecular flexibility index (Phi) is 6.92. The fourth-order valence-corrected chi connectivity index (χ4v) is 1.67. The highest BCUT2D eigenvalue weighted by Gasteiger charge is 2.11. The number of rotatable bonds is 6. The van der Waals surface area contributed by atoms with Gasteiger partial charge in [-0.15, -0.1) is 0 Å². The number of halogens is 1. The predicted octanol–water partition coefficient (Wildman–Crippen LogP) is 0.555. The van der Waals surface area contributed by atoms with Gasteiger partial charge in [0.2, 0.25) is 5.91 Å². The van der Waals surface area contributed by atoms with Crippen molar-refractivity contribution in [2.24, 2.45) is 5.73 Å². The van der Waals surface area contributed by atoms with E-state index in [1.54, 1.807) is 0 Å². The first kappa shape index (κ1) is 16.7. The number of carbonyl (C=O) groups is 2. The van der Waals surface area contributed by atoms with Crippen molar-refractivity contribution < 1.29 is 19.1 Å². The Morgan fingerprint density at radius 3 is 2.76 bits per heavy atom. The van der Waals surface area contributed by atoms with E-state index < -0.39 is 11.7 Å². The molecule has 0 unspecified atom stereocenters. The molecule has 0 heterocycles. The Labute approximate surface area is 122 Å². The number of hydrogen-bond donors (Lipinski definition) is 3. The van der Waals surface area contributed by atoms with Crippen molar-refractivity contribution in [2.75, 3.05) is 13.2 Å². The minimum atomic E-state index is -0.538. The van der Waals surface area contributed by atoms with Crippen molar-refractivity contribution in [2.45, 2.75) is 19.3 Å². The van der Waals surface area contributed by atoms with Gasteiger partial charge in [0.1, 0.15) is 12.4 Å². The Bertz CT molecular complexity index is 576. The first-order valence-electron chi connectivity index (χ1n) is 6.50. The van der Waals surface area contributed by atoms with Crippen LogP contribution >= 0.6 is 0 Å². The average molecular weight is 292 g/mol. The van der Waals surface area contributed by atoms with E-state index in [2.05, 4.69) is 17.2 Å². The van der Waals surface area contributed by atoms with E-state index >= 15 is 0 Å². The van der Waals surface area contributed by atoms with Crippen LogP contribution < -0.4 is 11.1 Å². The van der Waals surface area contributed by atoms with Crippen molar-refractivity contribution in [1.82, 2.24) is 5.32 Å². The summed E-state index contributed by atoms with van der Waals surface area (Å²) in [7, 11) is 0. The molecule has 0 atom stereocenters. The van der Waals surface area contributed by atoms with E-state index in [-0.39, 0.29) is 24.5 Å². The lowest BCUT2D eigenvalue weighted by Crippen LogP contribution is -2.25. The third-order valence-corrected chi connectivity index (χ3v) is 2.66. The molecule has 0 aromatic heterocycles. The third kappa shape index (κ3) is 6.06. The topological polar surface area (TPSA) is 92.4 Å². The summed E-state index contributed by atoms with van der Waals surface area (Å²) >= 11 is 0. The molecule has 4 N–H and O–H groups in total. The van der Waals surface area contributed by atoms with Gasteiger partial charge in [0.05, 0.1) is 5.56 Å². The van der Waals surface area contributed by atoms with Crippen LogP contribution in [0.5, 0.6) is 0 Å². The second-order valence-corrected chi connectivity index (χ2v) is 4.33. The number of aliphatic hydroxyl groups is 1. The number of primary amides is 1. The van der Waals surface area contributed by atoms with Crippen LogP contribution in [0.3, 0.4) is 0 Å². The van der Waals surface area contributed by atoms with Gasteiger partial charge in [0, 0.05) is 18.5 Å². The summed E-state index contributed by atoms with van der Waals surface area (Å²) in [6, 6.07) is 3.69. The number of aliphatic hydroxyl groups excluding tert-OH is 1. The quantitative estimate of drug-likeness (QED) is 0.528. The number of hydrogen-bond acceptors (Lipinski definition) is 3. The lowest BCUT2D eigenvalue weighted by molar-refractivity contribution is -0.118. The molecule has 1 rings (SSSR count). The number of carbonyl (C=O) groups excluding carboxylic acids is 2. The molecule has 0 aliphatic heterocycles. The highest BCUT2D eigenvalue weighted by molar-refractivity contribution is 5.96. The van der Waals surface area contributed by atoms with Crippen LogP contribution in [-0.4, -0.2) is 30.1 Å². The molecule has 0 spiro atoms. The van der Waals surface area contributed by atoms with Gasteiger partial charge in [0.25, 0.3) is 5.91 Å². The van der Waals surface area contributed by atoms with Crippen LogP contribution in [0.1, 0.15) is 35.2 Å². The van der Waals surface area contributed by atoms with Gasteiger partial charge in [-0.1, -0.05) is 11.8 Å². The molecule has 1 aromatic carbocycles. The summed E-state index contributed by atoms with van der Waals surface area (Å²) in [5, 5.41) is 11.3. The Morgan fingerprint density at radius 2 is 2.10 bits per heavy atom. The predicted molar refractivity (Wildman–Crippen MR) is 75.7 cm³/mol. The van der Waals surface area contributed by atoms with E-state index in [1.165, 1.54) is 12.1 Å². The summed E-state index contributed by atoms with van der Waals surface area (Å²) in [4.78, 5) is 22.5. The maximum atomic E-state index is 13.2. The van der Waals surface area contributed by atoms with Crippen LogP contribution in [-0.2, 0) is 4.79 Å². The SMILES string of the molecule is NC(=O)CCCCNC(=O)c1cc(F)ccc1C#CCO. The molecule has 1 aromatic rings. The Balaban J connectivity index is 2.64. The van der Waals surface area contributed by atoms with Gasteiger partial charge < -0.3 is 16.2 Å². The van der Waals surface area contributed by atoms with Gasteiger partial charge in [-0.25, -0.2) is 4.39 Å². The lowest BCUT2D eigenvalue weighted by atomic mass is 10.1. The summed E-state index contributed by atoms with van der Waals surface area (Å²) in [5.74, 6) is 3.65. The Morgan fingerprint density at radius 1 is 1.33 bits per heavy atom. The number of nitrogens with two attached hydrogens (primary N) is 1. The van der Waals surface area contributed by atoms with Gasteiger partial charge in [-0.2, -0.15) is 0 Å². The number of unbranched alkanes of at least 4 members (excludes halogenated alkanes) is 1. The normalized spacial score (nSPS) is 9.62. The highest BCUT2D eigenvalue weighted by atomic mass is 19.1. The van der Waals surface area contributed by atoms with E-state index in [4.69, 9.17) is 10.8 Å². The molecule has 5 nitrogen and oxygen atoms in total. The van der Waals surface area contributed by atoms with Crippen molar-refractivity contribution in [1.29, 1.82) is 0 Å². The minimum absolute atomic E-state index is 0.117. The van der Waals surface area contributed by atoms with Crippen LogP contribution in [0, 0.1) is 17.7 Å². The summed E-state index contributed by atoms with van der Waals surface area (Å²) in [6.45, 7) is 0.0149. The second kappa shape index (κ2) is 8.72. The molecule has 0 fully saturated rings. The highest BCUT2D eigenvalue weighted by Crippen LogP contribution is 2.10. The molecule has 0 saturated carbocycles. The van der Waals surface area contributed by atoms with E-state index in [1.807, 2.05) is 0 Å². The van der Waals surface area contributed by atoms with Gasteiger partial charge in [-0.3, -0.25) is 9.59 Å². The third-order valence-electron chi connectivity index (χ3n) is 2.66. The largest absolute Gasteiger partial charge is 0.384 e. The monoisotopic (exact) mass is 292 g/mol. The first-order chi connectivity index (χ1) is 10.0. The molecular weight excluding hydrogens is 275 g/mol.